The van der Waals surface area contributed by atoms with Crippen LogP contribution in [0.2, 0.25) is 0 Å². The molecule has 2 rings (SSSR count). The summed E-state index contributed by atoms with van der Waals surface area (Å²) in [5.41, 5.74) is 2.41. The predicted molar refractivity (Wildman–Crippen MR) is 61.6 cm³/mol. The van der Waals surface area contributed by atoms with Crippen LogP contribution in [0.25, 0.3) is 0 Å². The molecule has 0 spiro atoms. The Bertz CT molecular complexity index is 396. The summed E-state index contributed by atoms with van der Waals surface area (Å²) in [5.74, 6) is 0. The number of furan rings is 1. The third-order valence-electron chi connectivity index (χ3n) is 2.09. The molecule has 0 fully saturated rings. The summed E-state index contributed by atoms with van der Waals surface area (Å²) in [6.07, 6.45) is 3.47. The third kappa shape index (κ3) is 1.92. The van der Waals surface area contributed by atoms with Gasteiger partial charge in [-0.15, -0.1) is 11.3 Å². The molecule has 0 radical (unpaired) electrons. The van der Waals surface area contributed by atoms with Crippen molar-refractivity contribution in [3.05, 3.63) is 45.0 Å². The summed E-state index contributed by atoms with van der Waals surface area (Å²) in [6, 6.07) is 4.32. The average Bonchev–Trinajstić information content (AvgIpc) is 2.79. The number of halogens is 1. The molecule has 1 N–H and O–H groups in total. The quantitative estimate of drug-likeness (QED) is 0.926. The van der Waals surface area contributed by atoms with Gasteiger partial charge in [0, 0.05) is 5.56 Å². The number of thiophene rings is 1. The minimum Gasteiger partial charge on any atom is -0.472 e. The van der Waals surface area contributed by atoms with Gasteiger partial charge < -0.3 is 9.73 Å². The molecule has 2 aromatic heterocycles. The van der Waals surface area contributed by atoms with E-state index in [0.717, 1.165) is 9.35 Å². The van der Waals surface area contributed by atoms with Crippen LogP contribution in [0.1, 0.15) is 17.2 Å². The Labute approximate surface area is 95.1 Å². The van der Waals surface area contributed by atoms with Crippen molar-refractivity contribution in [3.8, 4) is 0 Å². The highest BCUT2D eigenvalue weighted by molar-refractivity contribution is 9.11. The fraction of sp³-hybridized carbons (Fsp3) is 0.200. The predicted octanol–water partition coefficient (Wildman–Crippen LogP) is 3.41. The maximum atomic E-state index is 5.08. The van der Waals surface area contributed by atoms with E-state index in [2.05, 4.69) is 32.7 Å². The molecule has 1 unspecified atom stereocenters. The van der Waals surface area contributed by atoms with Crippen LogP contribution in [0.3, 0.4) is 0 Å². The molecule has 2 nitrogen and oxygen atoms in total. The largest absolute Gasteiger partial charge is 0.472 e. The molecule has 74 valence electrons. The zero-order valence-corrected chi connectivity index (χ0v) is 10.1. The number of rotatable bonds is 3. The molecule has 4 heteroatoms. The molecule has 0 aliphatic heterocycles. The molecule has 14 heavy (non-hydrogen) atoms. The van der Waals surface area contributed by atoms with Gasteiger partial charge in [0.25, 0.3) is 0 Å². The van der Waals surface area contributed by atoms with Crippen LogP contribution in [0.15, 0.2) is 38.2 Å². The Morgan fingerprint density at radius 1 is 1.50 bits per heavy atom. The van der Waals surface area contributed by atoms with Crippen LogP contribution in [-0.2, 0) is 0 Å². The van der Waals surface area contributed by atoms with Gasteiger partial charge in [0.15, 0.2) is 0 Å². The highest BCUT2D eigenvalue weighted by atomic mass is 79.9. The van der Waals surface area contributed by atoms with E-state index in [0.29, 0.717) is 0 Å². The van der Waals surface area contributed by atoms with Gasteiger partial charge in [0.05, 0.1) is 22.4 Å². The van der Waals surface area contributed by atoms with E-state index >= 15 is 0 Å². The number of hydrogen-bond acceptors (Lipinski definition) is 3. The minimum absolute atomic E-state index is 0.219. The molecule has 0 bridgehead atoms. The van der Waals surface area contributed by atoms with E-state index in [9.17, 15) is 0 Å². The van der Waals surface area contributed by atoms with E-state index in [1.54, 1.807) is 23.9 Å². The molecular formula is C10H10BrNOS. The zero-order valence-electron chi connectivity index (χ0n) is 7.66. The van der Waals surface area contributed by atoms with E-state index in [1.807, 2.05) is 13.1 Å². The van der Waals surface area contributed by atoms with Crippen molar-refractivity contribution in [2.24, 2.45) is 0 Å². The van der Waals surface area contributed by atoms with Gasteiger partial charge in [0.1, 0.15) is 0 Å². The van der Waals surface area contributed by atoms with Crippen LogP contribution in [0.4, 0.5) is 0 Å². The summed E-state index contributed by atoms with van der Waals surface area (Å²) >= 11 is 5.15. The smallest absolute Gasteiger partial charge is 0.0953 e. The van der Waals surface area contributed by atoms with Gasteiger partial charge in [-0.1, -0.05) is 0 Å². The lowest BCUT2D eigenvalue weighted by Gasteiger charge is -2.11. The maximum Gasteiger partial charge on any atom is 0.0953 e. The lowest BCUT2D eigenvalue weighted by atomic mass is 10.1. The van der Waals surface area contributed by atoms with Crippen molar-refractivity contribution >= 4 is 27.3 Å². The monoisotopic (exact) mass is 271 g/mol. The molecule has 0 saturated carbocycles. The fourth-order valence-corrected chi connectivity index (χ4v) is 2.64. The second kappa shape index (κ2) is 4.29. The topological polar surface area (TPSA) is 25.2 Å². The molecule has 0 aliphatic rings. The molecule has 2 heterocycles. The van der Waals surface area contributed by atoms with Crippen molar-refractivity contribution in [2.45, 2.75) is 6.04 Å². The molecule has 0 saturated heterocycles. The first-order valence-electron chi connectivity index (χ1n) is 4.24. The van der Waals surface area contributed by atoms with Crippen molar-refractivity contribution in [1.82, 2.24) is 5.32 Å². The summed E-state index contributed by atoms with van der Waals surface area (Å²) in [5, 5.41) is 5.40. The Morgan fingerprint density at radius 3 is 2.86 bits per heavy atom. The first kappa shape index (κ1) is 9.96. The van der Waals surface area contributed by atoms with Gasteiger partial charge in [0.2, 0.25) is 0 Å². The lowest BCUT2D eigenvalue weighted by molar-refractivity contribution is 0.557. The van der Waals surface area contributed by atoms with Crippen molar-refractivity contribution in [2.75, 3.05) is 7.05 Å². The second-order valence-corrected chi connectivity index (χ2v) is 5.25. The first-order chi connectivity index (χ1) is 6.81. The van der Waals surface area contributed by atoms with Crippen molar-refractivity contribution in [3.63, 3.8) is 0 Å². The Morgan fingerprint density at radius 2 is 2.36 bits per heavy atom. The van der Waals surface area contributed by atoms with E-state index in [-0.39, 0.29) is 6.04 Å². The van der Waals surface area contributed by atoms with Crippen LogP contribution < -0.4 is 5.32 Å². The summed E-state index contributed by atoms with van der Waals surface area (Å²) in [4.78, 5) is 0. The van der Waals surface area contributed by atoms with Gasteiger partial charge in [-0.3, -0.25) is 0 Å². The minimum atomic E-state index is 0.219. The van der Waals surface area contributed by atoms with E-state index < -0.39 is 0 Å². The van der Waals surface area contributed by atoms with E-state index in [1.165, 1.54) is 5.56 Å². The lowest BCUT2D eigenvalue weighted by Crippen LogP contribution is -2.16. The average molecular weight is 272 g/mol. The normalized spacial score (nSPS) is 13.0. The Hall–Kier alpha value is -0.580. The highest BCUT2D eigenvalue weighted by Gasteiger charge is 2.13. The van der Waals surface area contributed by atoms with Gasteiger partial charge >= 0.3 is 0 Å². The van der Waals surface area contributed by atoms with Crippen molar-refractivity contribution < 1.29 is 4.42 Å². The summed E-state index contributed by atoms with van der Waals surface area (Å²) < 4.78 is 6.23. The maximum absolute atomic E-state index is 5.08. The Balaban J connectivity index is 2.31. The SMILES string of the molecule is CNC(c1ccoc1)c1csc(Br)c1. The van der Waals surface area contributed by atoms with Crippen LogP contribution in [0.5, 0.6) is 0 Å². The molecule has 0 aromatic carbocycles. The number of hydrogen-bond donors (Lipinski definition) is 1. The van der Waals surface area contributed by atoms with E-state index in [4.69, 9.17) is 4.42 Å². The third-order valence-corrected chi connectivity index (χ3v) is 3.61. The molecular weight excluding hydrogens is 262 g/mol. The van der Waals surface area contributed by atoms with Crippen LogP contribution in [0, 0.1) is 0 Å². The van der Waals surface area contributed by atoms with Gasteiger partial charge in [-0.25, -0.2) is 0 Å². The summed E-state index contributed by atoms with van der Waals surface area (Å²) in [6.45, 7) is 0. The first-order valence-corrected chi connectivity index (χ1v) is 5.92. The molecule has 1 atom stereocenters. The van der Waals surface area contributed by atoms with Gasteiger partial charge in [-0.05, 0) is 46.1 Å². The molecule has 2 aromatic rings. The number of nitrogens with one attached hydrogen (secondary N) is 1. The zero-order chi connectivity index (χ0) is 9.97. The summed E-state index contributed by atoms with van der Waals surface area (Å²) in [7, 11) is 1.95. The van der Waals surface area contributed by atoms with Crippen LogP contribution >= 0.6 is 27.3 Å². The fourth-order valence-electron chi connectivity index (χ4n) is 1.44. The Kier molecular flexibility index (Phi) is 3.05. The second-order valence-electron chi connectivity index (χ2n) is 2.96. The molecule has 0 amide bonds. The van der Waals surface area contributed by atoms with Gasteiger partial charge in [-0.2, -0.15) is 0 Å². The molecule has 0 aliphatic carbocycles. The standard InChI is InChI=1S/C10H10BrNOS/c1-12-10(7-2-3-13-5-7)8-4-9(11)14-6-8/h2-6,10,12H,1H3. The highest BCUT2D eigenvalue weighted by Crippen LogP contribution is 2.29. The van der Waals surface area contributed by atoms with Crippen molar-refractivity contribution in [1.29, 1.82) is 0 Å². The van der Waals surface area contributed by atoms with Crippen LogP contribution in [-0.4, -0.2) is 7.05 Å².